The Hall–Kier alpha value is -2.16. The molecule has 0 spiro atoms. The Morgan fingerprint density at radius 1 is 1.30 bits per heavy atom. The van der Waals surface area contributed by atoms with Gasteiger partial charge in [-0.3, -0.25) is 24.5 Å². The number of carbonyl (C=O) groups is 4. The van der Waals surface area contributed by atoms with Crippen LogP contribution >= 0.6 is 0 Å². The van der Waals surface area contributed by atoms with Gasteiger partial charge in [0.15, 0.2) is 0 Å². The highest BCUT2D eigenvalue weighted by molar-refractivity contribution is 5.90. The van der Waals surface area contributed by atoms with Crippen LogP contribution in [0.3, 0.4) is 0 Å². The molecule has 1 aliphatic heterocycles. The van der Waals surface area contributed by atoms with Gasteiger partial charge in [0.2, 0.25) is 23.6 Å². The van der Waals surface area contributed by atoms with Crippen molar-refractivity contribution in [3.05, 3.63) is 0 Å². The maximum atomic E-state index is 12.0. The van der Waals surface area contributed by atoms with Gasteiger partial charge in [-0.05, 0) is 13.8 Å². The lowest BCUT2D eigenvalue weighted by Gasteiger charge is -2.29. The van der Waals surface area contributed by atoms with Crippen LogP contribution in [0, 0.1) is 5.41 Å². The standard InChI is InChI=1S/C11H19N5O4/c1-11(2,9-14-5-8(19)16-9)10(20)15-4-7(18)13-3-6(12)17/h9,14H,3-5H2,1-2H3,(H2,12,17)(H,13,18)(H,15,20)(H,16,19). The molecule has 6 N–H and O–H groups in total. The summed E-state index contributed by atoms with van der Waals surface area (Å²) in [6, 6.07) is 0. The third-order valence-electron chi connectivity index (χ3n) is 2.95. The molecule has 0 aromatic heterocycles. The normalized spacial score (nSPS) is 18.3. The molecule has 1 fully saturated rings. The Morgan fingerprint density at radius 2 is 1.95 bits per heavy atom. The smallest absolute Gasteiger partial charge is 0.239 e. The quantitative estimate of drug-likeness (QED) is 0.349. The molecule has 1 aliphatic rings. The number of hydrogen-bond donors (Lipinski definition) is 5. The molecule has 112 valence electrons. The lowest BCUT2D eigenvalue weighted by molar-refractivity contribution is -0.133. The number of primary amides is 1. The molecular weight excluding hydrogens is 266 g/mol. The van der Waals surface area contributed by atoms with Gasteiger partial charge in [0.1, 0.15) is 0 Å². The van der Waals surface area contributed by atoms with Gasteiger partial charge in [-0.1, -0.05) is 0 Å². The van der Waals surface area contributed by atoms with E-state index in [0.29, 0.717) is 0 Å². The largest absolute Gasteiger partial charge is 0.368 e. The molecule has 1 saturated heterocycles. The molecule has 4 amide bonds. The van der Waals surface area contributed by atoms with Gasteiger partial charge in [-0.15, -0.1) is 0 Å². The van der Waals surface area contributed by atoms with E-state index in [1.807, 2.05) is 0 Å². The molecule has 0 bridgehead atoms. The first kappa shape index (κ1) is 15.9. The van der Waals surface area contributed by atoms with E-state index in [1.165, 1.54) is 0 Å². The van der Waals surface area contributed by atoms with Crippen LogP contribution in [0.1, 0.15) is 13.8 Å². The average Bonchev–Trinajstić information content (AvgIpc) is 2.80. The summed E-state index contributed by atoms with van der Waals surface area (Å²) in [6.07, 6.45) is -0.497. The van der Waals surface area contributed by atoms with Crippen LogP contribution in [-0.2, 0) is 19.2 Å². The van der Waals surface area contributed by atoms with Crippen LogP contribution in [0.2, 0.25) is 0 Å². The Bertz CT molecular complexity index is 435. The highest BCUT2D eigenvalue weighted by Crippen LogP contribution is 2.20. The second kappa shape index (κ2) is 6.33. The number of rotatable bonds is 6. The SMILES string of the molecule is CC(C)(C(=O)NCC(=O)NCC(N)=O)C1NCC(=O)N1. The number of hydrogen-bond acceptors (Lipinski definition) is 5. The van der Waals surface area contributed by atoms with Crippen molar-refractivity contribution in [2.24, 2.45) is 11.1 Å². The van der Waals surface area contributed by atoms with Crippen molar-refractivity contribution in [1.82, 2.24) is 21.3 Å². The van der Waals surface area contributed by atoms with Gasteiger partial charge in [0.25, 0.3) is 0 Å². The van der Waals surface area contributed by atoms with Gasteiger partial charge in [-0.25, -0.2) is 0 Å². The minimum atomic E-state index is -0.921. The van der Waals surface area contributed by atoms with Crippen molar-refractivity contribution < 1.29 is 19.2 Å². The van der Waals surface area contributed by atoms with Crippen LogP contribution in [0.25, 0.3) is 0 Å². The topological polar surface area (TPSA) is 142 Å². The average molecular weight is 285 g/mol. The highest BCUT2D eigenvalue weighted by Gasteiger charge is 2.40. The van der Waals surface area contributed by atoms with E-state index in [9.17, 15) is 19.2 Å². The fourth-order valence-electron chi connectivity index (χ4n) is 1.66. The molecule has 1 unspecified atom stereocenters. The van der Waals surface area contributed by atoms with Crippen LogP contribution in [0.15, 0.2) is 0 Å². The Kier molecular flexibility index (Phi) is 5.03. The lowest BCUT2D eigenvalue weighted by atomic mass is 9.88. The molecule has 0 radical (unpaired) electrons. The molecule has 0 aromatic carbocycles. The first-order chi connectivity index (χ1) is 9.23. The molecule has 9 nitrogen and oxygen atoms in total. The third-order valence-corrected chi connectivity index (χ3v) is 2.95. The van der Waals surface area contributed by atoms with E-state index >= 15 is 0 Å². The maximum Gasteiger partial charge on any atom is 0.239 e. The fraction of sp³-hybridized carbons (Fsp3) is 0.636. The van der Waals surface area contributed by atoms with E-state index in [4.69, 9.17) is 5.73 Å². The van der Waals surface area contributed by atoms with E-state index in [0.717, 1.165) is 0 Å². The molecule has 1 rings (SSSR count). The molecule has 0 aromatic rings. The second-order valence-corrected chi connectivity index (χ2v) is 5.03. The number of nitrogens with two attached hydrogens (primary N) is 1. The van der Waals surface area contributed by atoms with Crippen molar-refractivity contribution >= 4 is 23.6 Å². The van der Waals surface area contributed by atoms with Crippen molar-refractivity contribution in [1.29, 1.82) is 0 Å². The van der Waals surface area contributed by atoms with E-state index < -0.39 is 29.3 Å². The Morgan fingerprint density at radius 3 is 2.45 bits per heavy atom. The van der Waals surface area contributed by atoms with Crippen LogP contribution < -0.4 is 27.0 Å². The number of nitrogens with one attached hydrogen (secondary N) is 4. The Labute approximate surface area is 116 Å². The van der Waals surface area contributed by atoms with Gasteiger partial charge in [0.05, 0.1) is 31.2 Å². The van der Waals surface area contributed by atoms with E-state index in [1.54, 1.807) is 13.8 Å². The summed E-state index contributed by atoms with van der Waals surface area (Å²) in [7, 11) is 0. The van der Waals surface area contributed by atoms with Crippen molar-refractivity contribution in [2.45, 2.75) is 20.0 Å². The lowest BCUT2D eigenvalue weighted by Crippen LogP contribution is -2.54. The predicted molar refractivity (Wildman–Crippen MR) is 68.9 cm³/mol. The molecule has 9 heteroatoms. The van der Waals surface area contributed by atoms with Crippen LogP contribution in [-0.4, -0.2) is 49.4 Å². The van der Waals surface area contributed by atoms with Gasteiger partial charge >= 0.3 is 0 Å². The summed E-state index contributed by atoms with van der Waals surface area (Å²) in [5, 5.41) is 10.2. The molecular formula is C11H19N5O4. The maximum absolute atomic E-state index is 12.0. The first-order valence-corrected chi connectivity index (χ1v) is 6.09. The summed E-state index contributed by atoms with van der Waals surface area (Å²) >= 11 is 0. The minimum absolute atomic E-state index is 0.153. The van der Waals surface area contributed by atoms with Gasteiger partial charge in [-0.2, -0.15) is 0 Å². The molecule has 0 saturated carbocycles. The first-order valence-electron chi connectivity index (χ1n) is 6.09. The molecule has 1 atom stereocenters. The summed E-state index contributed by atoms with van der Waals surface area (Å²) in [5.41, 5.74) is 3.95. The van der Waals surface area contributed by atoms with Crippen LogP contribution in [0.4, 0.5) is 0 Å². The second-order valence-electron chi connectivity index (χ2n) is 5.03. The highest BCUT2D eigenvalue weighted by atomic mass is 16.2. The number of amides is 4. The summed E-state index contributed by atoms with van der Waals surface area (Å²) < 4.78 is 0. The van der Waals surface area contributed by atoms with Crippen LogP contribution in [0.5, 0.6) is 0 Å². The summed E-state index contributed by atoms with van der Waals surface area (Å²) in [4.78, 5) is 45.0. The fourth-order valence-corrected chi connectivity index (χ4v) is 1.66. The monoisotopic (exact) mass is 285 g/mol. The third kappa shape index (κ3) is 4.19. The van der Waals surface area contributed by atoms with Crippen molar-refractivity contribution in [3.63, 3.8) is 0 Å². The van der Waals surface area contributed by atoms with Gasteiger partial charge in [0, 0.05) is 0 Å². The summed E-state index contributed by atoms with van der Waals surface area (Å²) in [5.74, 6) is -1.76. The summed E-state index contributed by atoms with van der Waals surface area (Å²) in [6.45, 7) is 2.90. The molecule has 1 heterocycles. The minimum Gasteiger partial charge on any atom is -0.368 e. The number of carbonyl (C=O) groups excluding carboxylic acids is 4. The zero-order valence-corrected chi connectivity index (χ0v) is 11.4. The van der Waals surface area contributed by atoms with Crippen molar-refractivity contribution in [3.8, 4) is 0 Å². The molecule has 20 heavy (non-hydrogen) atoms. The van der Waals surface area contributed by atoms with Crippen molar-refractivity contribution in [2.75, 3.05) is 19.6 Å². The zero-order valence-electron chi connectivity index (χ0n) is 11.4. The molecule has 0 aliphatic carbocycles. The van der Waals surface area contributed by atoms with E-state index in [-0.39, 0.29) is 25.5 Å². The zero-order chi connectivity index (χ0) is 15.3. The Balaban J connectivity index is 2.43. The van der Waals surface area contributed by atoms with Gasteiger partial charge < -0.3 is 21.7 Å². The predicted octanol–water partition coefficient (Wildman–Crippen LogP) is -3.22. The van der Waals surface area contributed by atoms with E-state index in [2.05, 4.69) is 21.3 Å².